The van der Waals surface area contributed by atoms with Crippen LogP contribution in [0.2, 0.25) is 0 Å². The second kappa shape index (κ2) is 5.72. The molecule has 0 aliphatic carbocycles. The largest absolute Gasteiger partial charge is 0.392 e. The summed E-state index contributed by atoms with van der Waals surface area (Å²) in [6, 6.07) is 0. The smallest absolute Gasteiger partial charge is 0.291 e. The van der Waals surface area contributed by atoms with E-state index < -0.39 is 12.0 Å². The van der Waals surface area contributed by atoms with Gasteiger partial charge in [-0.05, 0) is 26.3 Å². The summed E-state index contributed by atoms with van der Waals surface area (Å²) >= 11 is 1.60. The number of nitrogens with one attached hydrogen (secondary N) is 1. The number of amides is 1. The Morgan fingerprint density at radius 3 is 3.12 bits per heavy atom. The monoisotopic (exact) mass is 361 g/mol. The van der Waals surface area contributed by atoms with Gasteiger partial charge in [-0.1, -0.05) is 0 Å². The Morgan fingerprint density at radius 2 is 2.36 bits per heavy atom. The molecule has 0 bridgehead atoms. The Morgan fingerprint density at radius 1 is 1.56 bits per heavy atom. The predicted octanol–water partition coefficient (Wildman–Crippen LogP) is 1.30. The average Bonchev–Trinajstić information content (AvgIpc) is 3.12. The first-order chi connectivity index (χ1) is 11.8. The van der Waals surface area contributed by atoms with E-state index in [0.29, 0.717) is 12.3 Å². The average molecular weight is 361 g/mol. The van der Waals surface area contributed by atoms with Crippen LogP contribution in [-0.4, -0.2) is 48.8 Å². The summed E-state index contributed by atoms with van der Waals surface area (Å²) < 4.78 is 7.42. The molecule has 1 aliphatic rings. The van der Waals surface area contributed by atoms with Crippen LogP contribution >= 0.6 is 11.3 Å². The number of thiophene rings is 1. The lowest BCUT2D eigenvalue weighted by atomic mass is 9.94. The molecule has 0 saturated heterocycles. The Labute approximate surface area is 147 Å². The summed E-state index contributed by atoms with van der Waals surface area (Å²) in [6.07, 6.45) is 1.71. The zero-order chi connectivity index (χ0) is 17.8. The maximum absolute atomic E-state index is 12.2. The van der Waals surface area contributed by atoms with Gasteiger partial charge in [0.25, 0.3) is 5.91 Å². The number of hydrogen-bond acceptors (Lipinski definition) is 7. The molecule has 0 fully saturated rings. The topological polar surface area (TPSA) is 102 Å². The highest BCUT2D eigenvalue weighted by molar-refractivity contribution is 7.19. The molecule has 1 atom stereocenters. The quantitative estimate of drug-likeness (QED) is 0.729. The number of aliphatic hydroxyl groups excluding tert-OH is 1. The molecule has 132 valence electrons. The zero-order valence-corrected chi connectivity index (χ0v) is 15.1. The van der Waals surface area contributed by atoms with E-state index in [-0.39, 0.29) is 18.0 Å². The molecule has 8 nitrogen and oxygen atoms in total. The molecule has 9 heteroatoms. The van der Waals surface area contributed by atoms with Crippen LogP contribution < -0.4 is 5.32 Å². The number of rotatable bonds is 3. The lowest BCUT2D eigenvalue weighted by molar-refractivity contribution is -0.0379. The highest BCUT2D eigenvalue weighted by atomic mass is 32.1. The van der Waals surface area contributed by atoms with Crippen molar-refractivity contribution >= 4 is 33.1 Å². The van der Waals surface area contributed by atoms with Gasteiger partial charge in [0, 0.05) is 17.8 Å². The van der Waals surface area contributed by atoms with E-state index in [1.165, 1.54) is 10.1 Å². The van der Waals surface area contributed by atoms with Crippen molar-refractivity contribution in [3.8, 4) is 0 Å². The molecule has 4 rings (SSSR count). The van der Waals surface area contributed by atoms with Crippen LogP contribution in [-0.2, 0) is 17.8 Å². The van der Waals surface area contributed by atoms with Crippen molar-refractivity contribution in [2.75, 3.05) is 6.54 Å². The summed E-state index contributed by atoms with van der Waals surface area (Å²) in [5.41, 5.74) is 1.56. The molecule has 3 aromatic rings. The minimum Gasteiger partial charge on any atom is -0.392 e. The van der Waals surface area contributed by atoms with Crippen LogP contribution in [0.4, 0.5) is 0 Å². The van der Waals surface area contributed by atoms with Crippen LogP contribution in [0.3, 0.4) is 0 Å². The molecule has 2 N–H and O–H groups in total. The van der Waals surface area contributed by atoms with Gasteiger partial charge in [0.05, 0.1) is 23.7 Å². The minimum atomic E-state index is -0.625. The fourth-order valence-electron chi connectivity index (χ4n) is 2.96. The SMILES string of the molecule is CC(O)CNC(=O)c1nc2c3c4c(sc3ncn2n1)COC(C)(C)C4. The van der Waals surface area contributed by atoms with Crippen molar-refractivity contribution in [2.45, 2.75) is 45.5 Å². The van der Waals surface area contributed by atoms with Gasteiger partial charge in [0.1, 0.15) is 11.2 Å². The summed E-state index contributed by atoms with van der Waals surface area (Å²) in [7, 11) is 0. The number of aromatic nitrogens is 4. The fraction of sp³-hybridized carbons (Fsp3) is 0.500. The van der Waals surface area contributed by atoms with Gasteiger partial charge in [-0.2, -0.15) is 0 Å². The molecule has 1 unspecified atom stereocenters. The molecular weight excluding hydrogens is 342 g/mol. The zero-order valence-electron chi connectivity index (χ0n) is 14.2. The second-order valence-electron chi connectivity index (χ2n) is 6.92. The van der Waals surface area contributed by atoms with E-state index in [1.807, 2.05) is 0 Å². The number of ether oxygens (including phenoxy) is 1. The number of carbonyl (C=O) groups excluding carboxylic acids is 1. The Hall–Kier alpha value is -2.10. The predicted molar refractivity (Wildman–Crippen MR) is 92.8 cm³/mol. The van der Waals surface area contributed by atoms with Crippen molar-refractivity contribution in [1.29, 1.82) is 0 Å². The van der Waals surface area contributed by atoms with E-state index in [4.69, 9.17) is 4.74 Å². The van der Waals surface area contributed by atoms with Gasteiger partial charge in [0.2, 0.25) is 5.82 Å². The minimum absolute atomic E-state index is 0.0706. The van der Waals surface area contributed by atoms with E-state index in [1.54, 1.807) is 24.6 Å². The third-order valence-corrected chi connectivity index (χ3v) is 5.28. The normalized spacial score (nSPS) is 17.6. The number of nitrogens with zero attached hydrogens (tertiary/aromatic N) is 4. The maximum Gasteiger partial charge on any atom is 0.291 e. The summed E-state index contributed by atoms with van der Waals surface area (Å²) in [5, 5.41) is 17.1. The molecular formula is C16H19N5O3S. The Balaban J connectivity index is 1.81. The number of carbonyl (C=O) groups is 1. The summed E-state index contributed by atoms with van der Waals surface area (Å²) in [6.45, 7) is 6.44. The summed E-state index contributed by atoms with van der Waals surface area (Å²) in [5.74, 6) is -0.341. The van der Waals surface area contributed by atoms with E-state index >= 15 is 0 Å². The van der Waals surface area contributed by atoms with Crippen molar-refractivity contribution < 1.29 is 14.6 Å². The van der Waals surface area contributed by atoms with Gasteiger partial charge >= 0.3 is 0 Å². The number of fused-ring (bicyclic) bond motifs is 5. The van der Waals surface area contributed by atoms with E-state index in [2.05, 4.69) is 34.2 Å². The van der Waals surface area contributed by atoms with Crippen molar-refractivity contribution in [2.24, 2.45) is 0 Å². The molecule has 0 spiro atoms. The third kappa shape index (κ3) is 2.88. The number of aliphatic hydroxyl groups is 1. The molecule has 1 amide bonds. The molecule has 4 heterocycles. The maximum atomic E-state index is 12.2. The number of hydrogen-bond donors (Lipinski definition) is 2. The van der Waals surface area contributed by atoms with Gasteiger partial charge < -0.3 is 15.2 Å². The first-order valence-electron chi connectivity index (χ1n) is 8.10. The van der Waals surface area contributed by atoms with Crippen LogP contribution in [0.25, 0.3) is 15.9 Å². The van der Waals surface area contributed by atoms with Crippen LogP contribution in [0, 0.1) is 0 Å². The third-order valence-electron chi connectivity index (χ3n) is 4.17. The molecule has 0 radical (unpaired) electrons. The van der Waals surface area contributed by atoms with Crippen molar-refractivity contribution in [3.63, 3.8) is 0 Å². The van der Waals surface area contributed by atoms with Crippen LogP contribution in [0.15, 0.2) is 6.33 Å². The van der Waals surface area contributed by atoms with E-state index in [0.717, 1.165) is 21.5 Å². The van der Waals surface area contributed by atoms with Crippen LogP contribution in [0.5, 0.6) is 0 Å². The van der Waals surface area contributed by atoms with Crippen molar-refractivity contribution in [1.82, 2.24) is 24.9 Å². The molecule has 0 aromatic carbocycles. The highest BCUT2D eigenvalue weighted by Crippen LogP contribution is 2.39. The molecule has 3 aromatic heterocycles. The standard InChI is InChI=1S/C16H19N5O3S/c1-8(22)5-17-14(23)12-19-13-11-9-4-16(2,3)24-6-10(9)25-15(11)18-7-21(13)20-12/h7-8,22H,4-6H2,1-3H3,(H,17,23). The lowest BCUT2D eigenvalue weighted by Crippen LogP contribution is -2.31. The van der Waals surface area contributed by atoms with E-state index in [9.17, 15) is 9.90 Å². The molecule has 1 aliphatic heterocycles. The lowest BCUT2D eigenvalue weighted by Gasteiger charge is -2.30. The first-order valence-corrected chi connectivity index (χ1v) is 8.91. The molecule has 0 saturated carbocycles. The highest BCUT2D eigenvalue weighted by Gasteiger charge is 2.31. The van der Waals surface area contributed by atoms with Gasteiger partial charge in [0.15, 0.2) is 5.65 Å². The second-order valence-corrected chi connectivity index (χ2v) is 8.00. The van der Waals surface area contributed by atoms with Crippen molar-refractivity contribution in [3.05, 3.63) is 22.6 Å². The van der Waals surface area contributed by atoms with Crippen LogP contribution in [0.1, 0.15) is 41.8 Å². The summed E-state index contributed by atoms with van der Waals surface area (Å²) in [4.78, 5) is 23.1. The Bertz CT molecular complexity index is 975. The fourth-order valence-corrected chi connectivity index (χ4v) is 4.02. The van der Waals surface area contributed by atoms with Gasteiger partial charge in [-0.15, -0.1) is 16.4 Å². The molecule has 25 heavy (non-hydrogen) atoms. The van der Waals surface area contributed by atoms with Gasteiger partial charge in [-0.3, -0.25) is 4.79 Å². The first kappa shape index (κ1) is 16.4. The Kier molecular flexibility index (Phi) is 3.75. The van der Waals surface area contributed by atoms with Gasteiger partial charge in [-0.25, -0.2) is 14.5 Å².